The molecule has 2 aromatic carbocycles. The molecule has 1 aliphatic rings. The first-order chi connectivity index (χ1) is 11.7. The van der Waals surface area contributed by atoms with E-state index >= 15 is 0 Å². The number of aromatic nitrogens is 1. The molecular formula is C19H17ClN2OS. The van der Waals surface area contributed by atoms with E-state index in [-0.39, 0.29) is 11.3 Å². The summed E-state index contributed by atoms with van der Waals surface area (Å²) < 4.78 is 0. The summed E-state index contributed by atoms with van der Waals surface area (Å²) in [4.78, 5) is 18.1. The first-order valence-electron chi connectivity index (χ1n) is 7.94. The number of hydrogen-bond donors (Lipinski definition) is 1. The number of benzene rings is 2. The van der Waals surface area contributed by atoms with Crippen molar-refractivity contribution in [2.45, 2.75) is 11.8 Å². The molecule has 1 unspecified atom stereocenters. The number of nitrogens with zero attached hydrogens (tertiary/aromatic N) is 1. The Kier molecular flexibility index (Phi) is 4.25. The molecule has 0 saturated carbocycles. The van der Waals surface area contributed by atoms with Gasteiger partial charge in [0.05, 0.1) is 6.42 Å². The first kappa shape index (κ1) is 15.6. The van der Waals surface area contributed by atoms with Crippen LogP contribution in [0.25, 0.3) is 10.9 Å². The average Bonchev–Trinajstić information content (AvgIpc) is 3.23. The number of halogens is 1. The average molecular weight is 357 g/mol. The van der Waals surface area contributed by atoms with Crippen LogP contribution in [0.1, 0.15) is 16.5 Å². The topological polar surface area (TPSA) is 36.1 Å². The lowest BCUT2D eigenvalue weighted by Gasteiger charge is -2.25. The summed E-state index contributed by atoms with van der Waals surface area (Å²) in [7, 11) is 0. The number of carbonyl (C=O) groups excluding carboxylic acids is 1. The molecule has 0 radical (unpaired) electrons. The molecule has 4 rings (SSSR count). The minimum atomic E-state index is 0.0106. The minimum Gasteiger partial charge on any atom is -0.361 e. The van der Waals surface area contributed by atoms with Crippen LogP contribution in [0.2, 0.25) is 5.02 Å². The lowest BCUT2D eigenvalue weighted by molar-refractivity contribution is -0.130. The van der Waals surface area contributed by atoms with E-state index in [2.05, 4.69) is 11.1 Å². The highest BCUT2D eigenvalue weighted by atomic mass is 35.5. The molecule has 1 atom stereocenters. The third-order valence-corrected chi connectivity index (χ3v) is 5.99. The molecule has 3 aromatic rings. The van der Waals surface area contributed by atoms with Crippen LogP contribution >= 0.6 is 23.4 Å². The highest BCUT2D eigenvalue weighted by Crippen LogP contribution is 2.41. The van der Waals surface area contributed by atoms with Gasteiger partial charge in [-0.25, -0.2) is 0 Å². The van der Waals surface area contributed by atoms with Crippen LogP contribution in [0.3, 0.4) is 0 Å². The largest absolute Gasteiger partial charge is 0.361 e. The second-order valence-corrected chi connectivity index (χ2v) is 7.46. The smallest absolute Gasteiger partial charge is 0.228 e. The van der Waals surface area contributed by atoms with Crippen LogP contribution in [-0.2, 0) is 11.2 Å². The highest BCUT2D eigenvalue weighted by Gasteiger charge is 2.31. The number of H-pyrrole nitrogens is 1. The molecule has 1 aliphatic heterocycles. The van der Waals surface area contributed by atoms with E-state index in [1.807, 2.05) is 53.6 Å². The zero-order valence-electron chi connectivity index (χ0n) is 13.0. The van der Waals surface area contributed by atoms with Gasteiger partial charge in [-0.2, -0.15) is 0 Å². The Labute approximate surface area is 150 Å². The molecule has 1 amide bonds. The van der Waals surface area contributed by atoms with E-state index in [9.17, 15) is 4.79 Å². The maximum Gasteiger partial charge on any atom is 0.228 e. The van der Waals surface area contributed by atoms with Crippen LogP contribution in [0.4, 0.5) is 0 Å². The molecule has 1 saturated heterocycles. The lowest BCUT2D eigenvalue weighted by atomic mass is 10.1. The summed E-state index contributed by atoms with van der Waals surface area (Å²) in [5.74, 6) is 1.09. The van der Waals surface area contributed by atoms with Gasteiger partial charge in [0.15, 0.2) is 0 Å². The third kappa shape index (κ3) is 2.80. The van der Waals surface area contributed by atoms with E-state index in [0.717, 1.165) is 39.4 Å². The van der Waals surface area contributed by atoms with E-state index in [4.69, 9.17) is 11.6 Å². The maximum absolute atomic E-state index is 12.9. The molecule has 1 aromatic heterocycles. The van der Waals surface area contributed by atoms with E-state index < -0.39 is 0 Å². The van der Waals surface area contributed by atoms with Gasteiger partial charge < -0.3 is 9.88 Å². The fraction of sp³-hybridized carbons (Fsp3) is 0.211. The number of fused-ring (bicyclic) bond motifs is 1. The van der Waals surface area contributed by atoms with E-state index in [0.29, 0.717) is 6.42 Å². The second kappa shape index (κ2) is 6.54. The van der Waals surface area contributed by atoms with Crippen molar-refractivity contribution in [2.75, 3.05) is 12.3 Å². The number of amides is 1. The molecule has 24 heavy (non-hydrogen) atoms. The Balaban J connectivity index is 1.58. The first-order valence-corrected chi connectivity index (χ1v) is 9.37. The number of hydrogen-bond acceptors (Lipinski definition) is 2. The standard InChI is InChI=1S/C19H17ClN2OS/c20-16-7-3-1-6-15(16)19-22(9-10-24-19)18(23)11-13-12-21-17-8-4-2-5-14(13)17/h1-8,12,19,21H,9-11H2. The molecule has 1 fully saturated rings. The van der Waals surface area contributed by atoms with Crippen molar-refractivity contribution in [1.29, 1.82) is 0 Å². The number of rotatable bonds is 3. The van der Waals surface area contributed by atoms with Gasteiger partial charge in [-0.1, -0.05) is 48.0 Å². The quantitative estimate of drug-likeness (QED) is 0.742. The summed E-state index contributed by atoms with van der Waals surface area (Å²) in [6, 6.07) is 15.9. The van der Waals surface area contributed by atoms with Crippen molar-refractivity contribution in [3.8, 4) is 0 Å². The van der Waals surface area contributed by atoms with Gasteiger partial charge in [-0.05, 0) is 17.7 Å². The molecule has 2 heterocycles. The van der Waals surface area contributed by atoms with Gasteiger partial charge in [0, 0.05) is 40.0 Å². The molecule has 0 spiro atoms. The molecule has 0 aliphatic carbocycles. The molecule has 122 valence electrons. The monoisotopic (exact) mass is 356 g/mol. The summed E-state index contributed by atoms with van der Waals surface area (Å²) in [5, 5.41) is 1.85. The van der Waals surface area contributed by atoms with Crippen molar-refractivity contribution in [2.24, 2.45) is 0 Å². The van der Waals surface area contributed by atoms with Gasteiger partial charge in [0.25, 0.3) is 0 Å². The number of aromatic amines is 1. The predicted molar refractivity (Wildman–Crippen MR) is 100 cm³/mol. The van der Waals surface area contributed by atoms with Gasteiger partial charge in [-0.15, -0.1) is 11.8 Å². The van der Waals surface area contributed by atoms with Crippen LogP contribution in [0, 0.1) is 0 Å². The van der Waals surface area contributed by atoms with Gasteiger partial charge in [0.1, 0.15) is 5.37 Å². The van der Waals surface area contributed by atoms with Gasteiger partial charge in [-0.3, -0.25) is 4.79 Å². The number of carbonyl (C=O) groups is 1. The van der Waals surface area contributed by atoms with Gasteiger partial charge in [0.2, 0.25) is 5.91 Å². The summed E-state index contributed by atoms with van der Waals surface area (Å²) in [6.45, 7) is 0.766. The number of thioether (sulfide) groups is 1. The van der Waals surface area contributed by atoms with E-state index in [1.54, 1.807) is 11.8 Å². The predicted octanol–water partition coefficient (Wildman–Crippen LogP) is 4.64. The van der Waals surface area contributed by atoms with Crippen LogP contribution in [-0.4, -0.2) is 28.1 Å². The second-order valence-electron chi connectivity index (χ2n) is 5.87. The number of para-hydroxylation sites is 1. The molecule has 5 heteroatoms. The lowest BCUT2D eigenvalue weighted by Crippen LogP contribution is -2.31. The van der Waals surface area contributed by atoms with Crippen molar-refractivity contribution < 1.29 is 4.79 Å². The van der Waals surface area contributed by atoms with Crippen LogP contribution < -0.4 is 0 Å². The minimum absolute atomic E-state index is 0.0106. The number of nitrogens with one attached hydrogen (secondary N) is 1. The summed E-state index contributed by atoms with van der Waals surface area (Å²) in [6.07, 6.45) is 2.35. The Morgan fingerprint density at radius 1 is 1.21 bits per heavy atom. The third-order valence-electron chi connectivity index (χ3n) is 4.40. The SMILES string of the molecule is O=C(Cc1c[nH]c2ccccc12)N1CCSC1c1ccccc1Cl. The van der Waals surface area contributed by atoms with Crippen LogP contribution in [0.5, 0.6) is 0 Å². The van der Waals surface area contributed by atoms with Crippen LogP contribution in [0.15, 0.2) is 54.7 Å². The zero-order chi connectivity index (χ0) is 16.5. The fourth-order valence-electron chi connectivity index (χ4n) is 3.20. The van der Waals surface area contributed by atoms with Crippen molar-refractivity contribution in [3.05, 3.63) is 70.9 Å². The molecular weight excluding hydrogens is 340 g/mol. The summed E-state index contributed by atoms with van der Waals surface area (Å²) >= 11 is 8.11. The van der Waals surface area contributed by atoms with Crippen molar-refractivity contribution in [3.63, 3.8) is 0 Å². The fourth-order valence-corrected chi connectivity index (χ4v) is 4.82. The molecule has 1 N–H and O–H groups in total. The van der Waals surface area contributed by atoms with E-state index in [1.165, 1.54) is 0 Å². The summed E-state index contributed by atoms with van der Waals surface area (Å²) in [5.41, 5.74) is 3.14. The van der Waals surface area contributed by atoms with Gasteiger partial charge >= 0.3 is 0 Å². The maximum atomic E-state index is 12.9. The Hall–Kier alpha value is -1.91. The molecule has 0 bridgehead atoms. The highest BCUT2D eigenvalue weighted by molar-refractivity contribution is 7.99. The molecule has 3 nitrogen and oxygen atoms in total. The normalized spacial score (nSPS) is 17.5. The Morgan fingerprint density at radius 3 is 2.88 bits per heavy atom. The Morgan fingerprint density at radius 2 is 2.00 bits per heavy atom. The Bertz CT molecular complexity index is 892. The zero-order valence-corrected chi connectivity index (χ0v) is 14.6. The van der Waals surface area contributed by atoms with Crippen molar-refractivity contribution >= 4 is 40.2 Å². The van der Waals surface area contributed by atoms with Crippen molar-refractivity contribution in [1.82, 2.24) is 9.88 Å².